The van der Waals surface area contributed by atoms with E-state index in [-0.39, 0.29) is 11.4 Å². The quantitative estimate of drug-likeness (QED) is 0.242. The SMILES string of the molecule is CCCNCCSc1cc(-c2nn(CCCN3CCC(N4CCCC4)CC3)c3c2CN(S(C)(=O)=O)CC3)ccc1C(F)(F)F. The van der Waals surface area contributed by atoms with E-state index in [2.05, 4.69) is 15.1 Å². The van der Waals surface area contributed by atoms with Gasteiger partial charge in [-0.25, -0.2) is 8.42 Å². The van der Waals surface area contributed by atoms with Gasteiger partial charge in [0.2, 0.25) is 10.0 Å². The van der Waals surface area contributed by atoms with Gasteiger partial charge in [-0.2, -0.15) is 22.6 Å². The lowest BCUT2D eigenvalue weighted by atomic mass is 10.0. The number of nitrogens with one attached hydrogen (secondary N) is 1. The van der Waals surface area contributed by atoms with Crippen LogP contribution in [0.25, 0.3) is 11.3 Å². The van der Waals surface area contributed by atoms with Crippen LogP contribution < -0.4 is 5.32 Å². The maximum atomic E-state index is 13.9. The molecule has 2 fully saturated rings. The van der Waals surface area contributed by atoms with Crippen molar-refractivity contribution in [3.63, 3.8) is 0 Å². The van der Waals surface area contributed by atoms with E-state index in [0.29, 0.717) is 49.1 Å². The van der Waals surface area contributed by atoms with Crippen LogP contribution in [0.5, 0.6) is 0 Å². The Bertz CT molecular complexity index is 1350. The summed E-state index contributed by atoms with van der Waals surface area (Å²) in [5, 5.41) is 8.19. The number of hydrogen-bond donors (Lipinski definition) is 1. The van der Waals surface area contributed by atoms with Crippen LogP contribution >= 0.6 is 11.8 Å². The number of sulfonamides is 1. The Labute approximate surface area is 264 Å². The molecule has 0 saturated carbocycles. The first kappa shape index (κ1) is 33.7. The summed E-state index contributed by atoms with van der Waals surface area (Å²) in [5.41, 5.74) is 2.32. The normalized spacial score (nSPS) is 19.6. The molecule has 0 atom stereocenters. The van der Waals surface area contributed by atoms with Crippen LogP contribution in [-0.4, -0.2) is 103 Å². The highest BCUT2D eigenvalue weighted by atomic mass is 32.2. The van der Waals surface area contributed by atoms with Crippen molar-refractivity contribution in [1.29, 1.82) is 0 Å². The molecule has 1 aromatic carbocycles. The average molecular weight is 657 g/mol. The third-order valence-corrected chi connectivity index (χ3v) is 11.5. The van der Waals surface area contributed by atoms with Crippen molar-refractivity contribution < 1.29 is 21.6 Å². The fraction of sp³-hybridized carbons (Fsp3) is 0.710. The Morgan fingerprint density at radius 3 is 2.48 bits per heavy atom. The van der Waals surface area contributed by atoms with Crippen molar-refractivity contribution in [2.24, 2.45) is 0 Å². The maximum absolute atomic E-state index is 13.9. The molecule has 0 bridgehead atoms. The summed E-state index contributed by atoms with van der Waals surface area (Å²) >= 11 is 1.19. The standard InChI is InChI=1S/C31H47F3N6O2S2/c1-3-12-35-13-21-43-29-22-24(7-8-27(29)31(32,33)34)30-26-23-39(44(2,41)42)20-11-28(26)40(36-30)17-6-14-37-18-9-25(10-19-37)38-15-4-5-16-38/h7-8,22,25,35H,3-6,9-21,23H2,1-2H3. The van der Waals surface area contributed by atoms with E-state index in [4.69, 9.17) is 5.10 Å². The van der Waals surface area contributed by atoms with Crippen LogP contribution in [-0.2, 0) is 35.7 Å². The van der Waals surface area contributed by atoms with Gasteiger partial charge in [0.1, 0.15) is 0 Å². The lowest BCUT2D eigenvalue weighted by Crippen LogP contribution is -2.44. The second-order valence-electron chi connectivity index (χ2n) is 12.3. The molecule has 44 heavy (non-hydrogen) atoms. The number of alkyl halides is 3. The van der Waals surface area contributed by atoms with E-state index in [1.54, 1.807) is 6.07 Å². The Morgan fingerprint density at radius 2 is 1.80 bits per heavy atom. The molecule has 4 heterocycles. The number of aromatic nitrogens is 2. The Hall–Kier alpha value is -1.64. The highest BCUT2D eigenvalue weighted by Crippen LogP contribution is 2.40. The number of likely N-dealkylation sites (tertiary alicyclic amines) is 2. The van der Waals surface area contributed by atoms with Crippen LogP contribution in [0.1, 0.15) is 62.3 Å². The van der Waals surface area contributed by atoms with Crippen LogP contribution in [0.15, 0.2) is 23.1 Å². The first-order valence-electron chi connectivity index (χ1n) is 16.1. The van der Waals surface area contributed by atoms with E-state index in [1.165, 1.54) is 67.2 Å². The average Bonchev–Trinajstić information content (AvgIpc) is 3.65. The summed E-state index contributed by atoms with van der Waals surface area (Å²) in [5.74, 6) is 0.510. The van der Waals surface area contributed by atoms with Gasteiger partial charge in [-0.05, 0) is 89.9 Å². The van der Waals surface area contributed by atoms with Crippen LogP contribution in [0, 0.1) is 0 Å². The Balaban J connectivity index is 1.33. The number of nitrogens with zero attached hydrogens (tertiary/aromatic N) is 5. The number of rotatable bonds is 13. The van der Waals surface area contributed by atoms with Crippen molar-refractivity contribution in [2.75, 3.05) is 64.4 Å². The van der Waals surface area contributed by atoms with E-state index in [0.717, 1.165) is 56.3 Å². The second-order valence-corrected chi connectivity index (χ2v) is 15.4. The van der Waals surface area contributed by atoms with Gasteiger partial charge in [0.15, 0.2) is 0 Å². The zero-order valence-corrected chi connectivity index (χ0v) is 27.7. The minimum Gasteiger partial charge on any atom is -0.316 e. The van der Waals surface area contributed by atoms with E-state index in [9.17, 15) is 21.6 Å². The monoisotopic (exact) mass is 656 g/mol. The number of fused-ring (bicyclic) bond motifs is 1. The zero-order chi connectivity index (χ0) is 31.3. The highest BCUT2D eigenvalue weighted by Gasteiger charge is 2.35. The smallest absolute Gasteiger partial charge is 0.316 e. The molecule has 0 radical (unpaired) electrons. The lowest BCUT2D eigenvalue weighted by molar-refractivity contribution is -0.139. The third-order valence-electron chi connectivity index (χ3n) is 9.15. The molecule has 8 nitrogen and oxygen atoms in total. The fourth-order valence-corrected chi connectivity index (χ4v) is 8.59. The van der Waals surface area contributed by atoms with Gasteiger partial charge < -0.3 is 15.1 Å². The topological polar surface area (TPSA) is 73.7 Å². The van der Waals surface area contributed by atoms with Gasteiger partial charge in [-0.1, -0.05) is 13.0 Å². The predicted molar refractivity (Wildman–Crippen MR) is 170 cm³/mol. The summed E-state index contributed by atoms with van der Waals surface area (Å²) in [4.78, 5) is 5.36. The maximum Gasteiger partial charge on any atom is 0.417 e. The molecule has 0 amide bonds. The first-order chi connectivity index (χ1) is 21.0. The van der Waals surface area contributed by atoms with E-state index in [1.807, 2.05) is 11.6 Å². The molecule has 246 valence electrons. The number of halogens is 3. The van der Waals surface area contributed by atoms with Crippen molar-refractivity contribution in [1.82, 2.24) is 29.2 Å². The molecule has 2 saturated heterocycles. The molecular weight excluding hydrogens is 610 g/mol. The number of hydrogen-bond acceptors (Lipinski definition) is 7. The zero-order valence-electron chi connectivity index (χ0n) is 26.0. The molecule has 13 heteroatoms. The summed E-state index contributed by atoms with van der Waals surface area (Å²) in [6.07, 6.45) is 4.21. The minimum absolute atomic E-state index is 0.171. The Morgan fingerprint density at radius 1 is 1.05 bits per heavy atom. The van der Waals surface area contributed by atoms with E-state index < -0.39 is 21.8 Å². The Kier molecular flexibility index (Phi) is 11.4. The van der Waals surface area contributed by atoms with Crippen molar-refractivity contribution in [3.05, 3.63) is 35.0 Å². The minimum atomic E-state index is -4.47. The van der Waals surface area contributed by atoms with Crippen LogP contribution in [0.2, 0.25) is 0 Å². The van der Waals surface area contributed by atoms with Crippen molar-refractivity contribution in [2.45, 2.75) is 82.1 Å². The van der Waals surface area contributed by atoms with Crippen molar-refractivity contribution in [3.8, 4) is 11.3 Å². The van der Waals surface area contributed by atoms with Gasteiger partial charge in [-0.15, -0.1) is 11.8 Å². The molecule has 3 aliphatic heterocycles. The summed E-state index contributed by atoms with van der Waals surface area (Å²) in [7, 11) is -3.43. The summed E-state index contributed by atoms with van der Waals surface area (Å²) < 4.78 is 70.2. The van der Waals surface area contributed by atoms with Crippen molar-refractivity contribution >= 4 is 21.8 Å². The lowest BCUT2D eigenvalue weighted by Gasteiger charge is -2.36. The highest BCUT2D eigenvalue weighted by molar-refractivity contribution is 7.99. The first-order valence-corrected chi connectivity index (χ1v) is 18.9. The second kappa shape index (κ2) is 14.8. The molecule has 3 aliphatic rings. The van der Waals surface area contributed by atoms with Crippen LogP contribution in [0.4, 0.5) is 13.2 Å². The largest absolute Gasteiger partial charge is 0.417 e. The number of benzene rings is 1. The molecule has 0 spiro atoms. The molecule has 5 rings (SSSR count). The fourth-order valence-electron chi connectivity index (χ4n) is 6.78. The molecule has 2 aromatic rings. The number of piperidine rings is 1. The van der Waals surface area contributed by atoms with Gasteiger partial charge >= 0.3 is 6.18 Å². The summed E-state index contributed by atoms with van der Waals surface area (Å²) in [6, 6.07) is 4.93. The van der Waals surface area contributed by atoms with Gasteiger partial charge in [0, 0.05) is 66.1 Å². The molecule has 1 aromatic heterocycles. The van der Waals surface area contributed by atoms with Gasteiger partial charge in [-0.3, -0.25) is 4.68 Å². The molecular formula is C31H47F3N6O2S2. The molecule has 0 aliphatic carbocycles. The number of aryl methyl sites for hydroxylation is 1. The van der Waals surface area contributed by atoms with E-state index >= 15 is 0 Å². The third kappa shape index (κ3) is 8.38. The molecule has 1 N–H and O–H groups in total. The number of thioether (sulfide) groups is 1. The van der Waals surface area contributed by atoms with Gasteiger partial charge in [0.05, 0.1) is 17.5 Å². The van der Waals surface area contributed by atoms with Gasteiger partial charge in [0.25, 0.3) is 0 Å². The predicted octanol–water partition coefficient (Wildman–Crippen LogP) is 4.93. The summed E-state index contributed by atoms with van der Waals surface area (Å²) in [6.45, 7) is 10.4. The van der Waals surface area contributed by atoms with Crippen LogP contribution in [0.3, 0.4) is 0 Å². The molecule has 0 unspecified atom stereocenters.